The summed E-state index contributed by atoms with van der Waals surface area (Å²) < 4.78 is 0. The molecule has 4 N–H and O–H groups in total. The lowest BCUT2D eigenvalue weighted by molar-refractivity contribution is -0.490. The van der Waals surface area contributed by atoms with Gasteiger partial charge in [0.1, 0.15) is 0 Å². The molecule has 0 fully saturated rings. The highest BCUT2D eigenvalue weighted by molar-refractivity contribution is 6.05. The van der Waals surface area contributed by atoms with Crippen LogP contribution in [0.5, 0.6) is 0 Å². The van der Waals surface area contributed by atoms with Crippen LogP contribution < -0.4 is 20.9 Å². The summed E-state index contributed by atoms with van der Waals surface area (Å²) in [5.41, 5.74) is 3.42. The van der Waals surface area contributed by atoms with Gasteiger partial charge in [0.15, 0.2) is 6.04 Å². The SMILES string of the molecule is Cc1ccc2nc(NC3=[NH+][C@H](C(=O)Nc4ccccc4)CC(=O)N3)nc(C)c2c1. The standard InChI is InChI=1S/C21H20N6O2/c1-12-8-9-16-15(10-12)13(2)22-20(24-16)27-21-25-17(11-18(28)26-21)19(29)23-14-6-4-3-5-7-14/h3-10,17H,11H2,1-2H3,(H,23,29)(H2,22,24,25,26,27,28)/p+1/t17-/m0/s1. The predicted molar refractivity (Wildman–Crippen MR) is 110 cm³/mol. The maximum Gasteiger partial charge on any atom is 0.358 e. The first-order valence-corrected chi connectivity index (χ1v) is 9.29. The van der Waals surface area contributed by atoms with Crippen LogP contribution in [0.2, 0.25) is 0 Å². The zero-order chi connectivity index (χ0) is 20.4. The third kappa shape index (κ3) is 4.21. The number of rotatable bonds is 3. The minimum atomic E-state index is -0.712. The van der Waals surface area contributed by atoms with E-state index in [0.717, 1.165) is 22.2 Å². The molecule has 29 heavy (non-hydrogen) atoms. The Labute approximate surface area is 167 Å². The molecule has 0 saturated heterocycles. The molecule has 1 aliphatic rings. The fourth-order valence-corrected chi connectivity index (χ4v) is 3.18. The summed E-state index contributed by atoms with van der Waals surface area (Å²) in [7, 11) is 0. The number of guanidine groups is 1. The number of amides is 2. The second-order valence-electron chi connectivity index (χ2n) is 6.96. The van der Waals surface area contributed by atoms with Gasteiger partial charge >= 0.3 is 5.96 Å². The maximum atomic E-state index is 12.5. The summed E-state index contributed by atoms with van der Waals surface area (Å²) in [4.78, 5) is 36.6. The first-order chi connectivity index (χ1) is 14.0. The highest BCUT2D eigenvalue weighted by Gasteiger charge is 2.31. The Morgan fingerprint density at radius 1 is 1.14 bits per heavy atom. The minimum absolute atomic E-state index is 0.0285. The van der Waals surface area contributed by atoms with Gasteiger partial charge in [-0.15, -0.1) is 0 Å². The van der Waals surface area contributed by atoms with E-state index in [1.165, 1.54) is 0 Å². The highest BCUT2D eigenvalue weighted by Crippen LogP contribution is 2.18. The Bertz CT molecular complexity index is 1130. The summed E-state index contributed by atoms with van der Waals surface area (Å²) in [6, 6.07) is 14.3. The van der Waals surface area contributed by atoms with Crippen molar-refractivity contribution >= 4 is 40.3 Å². The molecular weight excluding hydrogens is 368 g/mol. The van der Waals surface area contributed by atoms with Crippen LogP contribution in [0.4, 0.5) is 11.6 Å². The minimum Gasteiger partial charge on any atom is -0.323 e. The molecule has 4 rings (SSSR count). The highest BCUT2D eigenvalue weighted by atomic mass is 16.2. The molecule has 1 aliphatic heterocycles. The number of nitrogens with one attached hydrogen (secondary N) is 4. The largest absolute Gasteiger partial charge is 0.358 e. The van der Waals surface area contributed by atoms with Crippen molar-refractivity contribution in [2.45, 2.75) is 26.3 Å². The van der Waals surface area contributed by atoms with Crippen molar-refractivity contribution in [3.8, 4) is 0 Å². The number of hydrogen-bond donors (Lipinski definition) is 4. The first-order valence-electron chi connectivity index (χ1n) is 9.29. The number of aryl methyl sites for hydroxylation is 2. The number of hydrogen-bond acceptors (Lipinski definition) is 5. The molecule has 146 valence electrons. The van der Waals surface area contributed by atoms with Gasteiger partial charge in [-0.05, 0) is 38.1 Å². The summed E-state index contributed by atoms with van der Waals surface area (Å²) in [5, 5.41) is 9.44. The van der Waals surface area contributed by atoms with Crippen molar-refractivity contribution in [1.82, 2.24) is 15.3 Å². The zero-order valence-electron chi connectivity index (χ0n) is 16.1. The van der Waals surface area contributed by atoms with Gasteiger partial charge < -0.3 is 5.32 Å². The van der Waals surface area contributed by atoms with Gasteiger partial charge in [-0.25, -0.2) is 15.6 Å². The van der Waals surface area contributed by atoms with Crippen LogP contribution in [0, 0.1) is 13.8 Å². The Morgan fingerprint density at radius 3 is 2.72 bits per heavy atom. The van der Waals surface area contributed by atoms with Crippen LogP contribution in [-0.2, 0) is 9.59 Å². The van der Waals surface area contributed by atoms with Crippen molar-refractivity contribution < 1.29 is 14.6 Å². The Hall–Kier alpha value is -3.81. The number of benzene rings is 2. The third-order valence-corrected chi connectivity index (χ3v) is 4.61. The lowest BCUT2D eigenvalue weighted by atomic mass is 10.1. The van der Waals surface area contributed by atoms with Crippen LogP contribution in [0.25, 0.3) is 10.9 Å². The predicted octanol–water partition coefficient (Wildman–Crippen LogP) is 0.622. The lowest BCUT2D eigenvalue weighted by Crippen LogP contribution is -2.89. The lowest BCUT2D eigenvalue weighted by Gasteiger charge is -2.16. The van der Waals surface area contributed by atoms with Gasteiger partial charge in [-0.3, -0.25) is 14.6 Å². The van der Waals surface area contributed by atoms with E-state index >= 15 is 0 Å². The molecule has 0 aliphatic carbocycles. The van der Waals surface area contributed by atoms with Crippen molar-refractivity contribution in [1.29, 1.82) is 0 Å². The molecule has 8 nitrogen and oxygen atoms in total. The van der Waals surface area contributed by atoms with E-state index < -0.39 is 6.04 Å². The van der Waals surface area contributed by atoms with Crippen LogP contribution in [-0.4, -0.2) is 33.8 Å². The van der Waals surface area contributed by atoms with E-state index in [1.807, 2.05) is 50.2 Å². The van der Waals surface area contributed by atoms with Gasteiger partial charge in [-0.2, -0.15) is 4.98 Å². The Kier molecular flexibility index (Phi) is 4.90. The zero-order valence-corrected chi connectivity index (χ0v) is 16.1. The van der Waals surface area contributed by atoms with Gasteiger partial charge in [0.25, 0.3) is 17.8 Å². The average molecular weight is 389 g/mol. The quantitative estimate of drug-likeness (QED) is 0.525. The second kappa shape index (κ2) is 7.67. The Balaban J connectivity index is 1.56. The molecule has 2 amide bonds. The second-order valence-corrected chi connectivity index (χ2v) is 6.96. The normalized spacial score (nSPS) is 16.1. The van der Waals surface area contributed by atoms with Crippen molar-refractivity contribution in [3.63, 3.8) is 0 Å². The molecule has 0 unspecified atom stereocenters. The summed E-state index contributed by atoms with van der Waals surface area (Å²) >= 11 is 0. The van der Waals surface area contributed by atoms with E-state index in [2.05, 4.69) is 30.9 Å². The van der Waals surface area contributed by atoms with Crippen LogP contribution >= 0.6 is 0 Å². The molecular formula is C21H21N6O2+. The van der Waals surface area contributed by atoms with Crippen LogP contribution in [0.1, 0.15) is 17.7 Å². The number of fused-ring (bicyclic) bond motifs is 1. The summed E-state index contributed by atoms with van der Waals surface area (Å²) in [5.74, 6) is 0.0510. The topological polar surface area (TPSA) is 110 Å². The molecule has 0 bridgehead atoms. The molecule has 0 spiro atoms. The number of nitrogens with zero attached hydrogens (tertiary/aromatic N) is 2. The first kappa shape index (κ1) is 18.5. The molecule has 3 aromatic rings. The maximum absolute atomic E-state index is 12.5. The van der Waals surface area contributed by atoms with E-state index in [0.29, 0.717) is 11.6 Å². The molecule has 1 aromatic heterocycles. The fourth-order valence-electron chi connectivity index (χ4n) is 3.18. The van der Waals surface area contributed by atoms with Crippen molar-refractivity contribution in [3.05, 3.63) is 59.8 Å². The van der Waals surface area contributed by atoms with E-state index in [-0.39, 0.29) is 24.2 Å². The third-order valence-electron chi connectivity index (χ3n) is 4.61. The number of aromatic nitrogens is 2. The van der Waals surface area contributed by atoms with Gasteiger partial charge in [0.2, 0.25) is 0 Å². The molecule has 0 radical (unpaired) electrons. The van der Waals surface area contributed by atoms with E-state index in [4.69, 9.17) is 0 Å². The molecule has 2 aromatic carbocycles. The van der Waals surface area contributed by atoms with Crippen molar-refractivity contribution in [2.75, 3.05) is 10.6 Å². The van der Waals surface area contributed by atoms with Gasteiger partial charge in [-0.1, -0.05) is 29.8 Å². The Morgan fingerprint density at radius 2 is 1.93 bits per heavy atom. The van der Waals surface area contributed by atoms with Gasteiger partial charge in [0, 0.05) is 11.1 Å². The summed E-state index contributed by atoms with van der Waals surface area (Å²) in [6.07, 6.45) is 0.0285. The van der Waals surface area contributed by atoms with E-state index in [9.17, 15) is 9.59 Å². The number of carbonyl (C=O) groups is 2. The molecule has 1 atom stereocenters. The van der Waals surface area contributed by atoms with Gasteiger partial charge in [0.05, 0.1) is 17.6 Å². The fraction of sp³-hybridized carbons (Fsp3) is 0.190. The number of carbonyl (C=O) groups excluding carboxylic acids is 2. The van der Waals surface area contributed by atoms with Crippen LogP contribution in [0.3, 0.4) is 0 Å². The molecule has 8 heteroatoms. The average Bonchev–Trinajstić information content (AvgIpc) is 2.69. The van der Waals surface area contributed by atoms with E-state index in [1.54, 1.807) is 12.1 Å². The molecule has 2 heterocycles. The summed E-state index contributed by atoms with van der Waals surface area (Å²) in [6.45, 7) is 3.92. The number of anilines is 2. The number of para-hydroxylation sites is 1. The van der Waals surface area contributed by atoms with Crippen LogP contribution in [0.15, 0.2) is 48.5 Å². The molecule has 0 saturated carbocycles. The van der Waals surface area contributed by atoms with Crippen molar-refractivity contribution in [2.24, 2.45) is 0 Å². The smallest absolute Gasteiger partial charge is 0.323 e. The monoisotopic (exact) mass is 389 g/mol.